The minimum absolute atomic E-state index is 0.0663. The highest BCUT2D eigenvalue weighted by Gasteiger charge is 2.15. The lowest BCUT2D eigenvalue weighted by Gasteiger charge is -2.26. The van der Waals surface area contributed by atoms with Gasteiger partial charge in [0.05, 0.1) is 0 Å². The number of anilines is 3. The molecule has 0 atom stereocenters. The Balaban J connectivity index is 1.57. The molecule has 164 valence electrons. The van der Waals surface area contributed by atoms with Gasteiger partial charge in [0.25, 0.3) is 0 Å². The van der Waals surface area contributed by atoms with Gasteiger partial charge in [-0.1, -0.05) is 6.42 Å². The quantitative estimate of drug-likeness (QED) is 0.489. The molecule has 1 aliphatic heterocycles. The number of carbonyl (C=O) groups excluding carboxylic acids is 1. The molecule has 1 aromatic carbocycles. The van der Waals surface area contributed by atoms with Crippen molar-refractivity contribution in [2.75, 3.05) is 36.8 Å². The summed E-state index contributed by atoms with van der Waals surface area (Å²) >= 11 is 0. The van der Waals surface area contributed by atoms with Crippen molar-refractivity contribution in [2.45, 2.75) is 46.1 Å². The number of hydrogen-bond acceptors (Lipinski definition) is 6. The first-order valence-corrected chi connectivity index (χ1v) is 11.4. The van der Waals surface area contributed by atoms with Gasteiger partial charge in [-0.15, -0.1) is 0 Å². The molecule has 0 bridgehead atoms. The Kier molecular flexibility index (Phi) is 6.82. The zero-order chi connectivity index (χ0) is 21.6. The van der Waals surface area contributed by atoms with Crippen molar-refractivity contribution in [3.8, 4) is 0 Å². The Hall–Kier alpha value is -2.93. The van der Waals surface area contributed by atoms with Crippen LogP contribution in [0, 0.1) is 0 Å². The van der Waals surface area contributed by atoms with Crippen LogP contribution in [-0.2, 0) is 6.54 Å². The molecule has 2 N–H and O–H groups in total. The fourth-order valence-electron chi connectivity index (χ4n) is 4.14. The number of ketones is 1. The summed E-state index contributed by atoms with van der Waals surface area (Å²) in [5.74, 6) is 1.71. The minimum Gasteiger partial charge on any atom is -0.370 e. The van der Waals surface area contributed by atoms with E-state index in [4.69, 9.17) is 9.97 Å². The summed E-state index contributed by atoms with van der Waals surface area (Å²) in [4.78, 5) is 23.8. The van der Waals surface area contributed by atoms with Crippen LogP contribution in [-0.4, -0.2) is 51.4 Å². The number of aromatic nitrogens is 3. The summed E-state index contributed by atoms with van der Waals surface area (Å²) in [5, 5.41) is 6.73. The molecule has 0 radical (unpaired) electrons. The SMILES string of the molecule is CCNc1ccc2nc(Nc3ccc(C(C)=O)cc3)n(CCCN3CCCCC3)c2n1. The molecule has 1 saturated heterocycles. The minimum atomic E-state index is 0.0663. The van der Waals surface area contributed by atoms with Crippen LogP contribution in [0.25, 0.3) is 11.2 Å². The summed E-state index contributed by atoms with van der Waals surface area (Å²) in [6.45, 7) is 8.84. The van der Waals surface area contributed by atoms with Crippen molar-refractivity contribution in [3.05, 3.63) is 42.0 Å². The van der Waals surface area contributed by atoms with Crippen LogP contribution in [0.3, 0.4) is 0 Å². The fourth-order valence-corrected chi connectivity index (χ4v) is 4.14. The molecule has 0 amide bonds. The van der Waals surface area contributed by atoms with Crippen LogP contribution in [0.5, 0.6) is 0 Å². The molecular weight excluding hydrogens is 388 g/mol. The summed E-state index contributed by atoms with van der Waals surface area (Å²) in [6, 6.07) is 11.5. The number of imidazole rings is 1. The lowest BCUT2D eigenvalue weighted by atomic mass is 10.1. The molecule has 3 heterocycles. The van der Waals surface area contributed by atoms with Crippen molar-refractivity contribution >= 4 is 34.4 Å². The number of nitrogens with one attached hydrogen (secondary N) is 2. The maximum absolute atomic E-state index is 11.6. The lowest BCUT2D eigenvalue weighted by Crippen LogP contribution is -2.31. The highest BCUT2D eigenvalue weighted by atomic mass is 16.1. The Morgan fingerprint density at radius 2 is 1.77 bits per heavy atom. The zero-order valence-corrected chi connectivity index (χ0v) is 18.5. The van der Waals surface area contributed by atoms with E-state index in [-0.39, 0.29) is 5.78 Å². The number of benzene rings is 1. The molecule has 0 aliphatic carbocycles. The van der Waals surface area contributed by atoms with Gasteiger partial charge in [0.1, 0.15) is 11.3 Å². The van der Waals surface area contributed by atoms with Gasteiger partial charge >= 0.3 is 0 Å². The third-order valence-electron chi connectivity index (χ3n) is 5.80. The fraction of sp³-hybridized carbons (Fsp3) is 0.458. The van der Waals surface area contributed by atoms with Crippen molar-refractivity contribution in [2.24, 2.45) is 0 Å². The average molecular weight is 421 g/mol. The van der Waals surface area contributed by atoms with Gasteiger partial charge in [0.2, 0.25) is 5.95 Å². The van der Waals surface area contributed by atoms with E-state index in [1.165, 1.54) is 32.4 Å². The largest absolute Gasteiger partial charge is 0.370 e. The van der Waals surface area contributed by atoms with Crippen LogP contribution in [0.4, 0.5) is 17.5 Å². The summed E-state index contributed by atoms with van der Waals surface area (Å²) < 4.78 is 2.18. The molecule has 7 nitrogen and oxygen atoms in total. The Morgan fingerprint density at radius 3 is 2.48 bits per heavy atom. The third-order valence-corrected chi connectivity index (χ3v) is 5.80. The van der Waals surface area contributed by atoms with Crippen LogP contribution in [0.2, 0.25) is 0 Å². The number of carbonyl (C=O) groups is 1. The molecule has 7 heteroatoms. The highest BCUT2D eigenvalue weighted by Crippen LogP contribution is 2.24. The number of fused-ring (bicyclic) bond motifs is 1. The number of likely N-dealkylation sites (tertiary alicyclic amines) is 1. The molecule has 1 fully saturated rings. The van der Waals surface area contributed by atoms with E-state index < -0.39 is 0 Å². The van der Waals surface area contributed by atoms with E-state index in [0.29, 0.717) is 5.56 Å². The van der Waals surface area contributed by atoms with Crippen molar-refractivity contribution < 1.29 is 4.79 Å². The molecular formula is C24H32N6O. The number of pyridine rings is 1. The summed E-state index contributed by atoms with van der Waals surface area (Å²) in [7, 11) is 0. The van der Waals surface area contributed by atoms with Gasteiger partial charge in [0, 0.05) is 24.3 Å². The van der Waals surface area contributed by atoms with Gasteiger partial charge < -0.3 is 15.5 Å². The van der Waals surface area contributed by atoms with Crippen LogP contribution >= 0.6 is 0 Å². The summed E-state index contributed by atoms with van der Waals surface area (Å²) in [6.07, 6.45) is 5.03. The second kappa shape index (κ2) is 9.92. The van der Waals surface area contributed by atoms with Crippen molar-refractivity contribution in [1.29, 1.82) is 0 Å². The van der Waals surface area contributed by atoms with Crippen molar-refractivity contribution in [1.82, 2.24) is 19.4 Å². The van der Waals surface area contributed by atoms with Gasteiger partial charge in [-0.3, -0.25) is 9.36 Å². The predicted molar refractivity (Wildman–Crippen MR) is 126 cm³/mol. The smallest absolute Gasteiger partial charge is 0.209 e. The topological polar surface area (TPSA) is 75.1 Å². The Labute approximate surface area is 183 Å². The number of Topliss-reactive ketones (excluding diaryl/α,β-unsaturated/α-hetero) is 1. The monoisotopic (exact) mass is 420 g/mol. The number of hydrogen-bond donors (Lipinski definition) is 2. The second-order valence-corrected chi connectivity index (χ2v) is 8.17. The lowest BCUT2D eigenvalue weighted by molar-refractivity contribution is 0.101. The van der Waals surface area contributed by atoms with E-state index in [0.717, 1.165) is 54.7 Å². The van der Waals surface area contributed by atoms with E-state index >= 15 is 0 Å². The molecule has 1 aliphatic rings. The maximum atomic E-state index is 11.6. The first-order chi connectivity index (χ1) is 15.1. The standard InChI is InChI=1S/C24H32N6O/c1-3-25-22-13-12-21-23(28-22)30(17-7-16-29-14-5-4-6-15-29)24(27-21)26-20-10-8-19(9-11-20)18(2)31/h8-13H,3-7,14-17H2,1-2H3,(H,25,28)(H,26,27). The molecule has 0 spiro atoms. The second-order valence-electron chi connectivity index (χ2n) is 8.17. The normalized spacial score (nSPS) is 14.6. The molecule has 2 aromatic heterocycles. The van der Waals surface area contributed by atoms with E-state index in [9.17, 15) is 4.79 Å². The van der Waals surface area contributed by atoms with Gasteiger partial charge in [0.15, 0.2) is 11.4 Å². The number of piperidine rings is 1. The number of aryl methyl sites for hydroxylation is 1. The highest BCUT2D eigenvalue weighted by molar-refractivity contribution is 5.94. The first kappa shape index (κ1) is 21.3. The number of nitrogens with zero attached hydrogens (tertiary/aromatic N) is 4. The van der Waals surface area contributed by atoms with E-state index in [2.05, 4.69) is 27.0 Å². The van der Waals surface area contributed by atoms with Gasteiger partial charge in [-0.2, -0.15) is 0 Å². The van der Waals surface area contributed by atoms with Crippen LogP contribution in [0.15, 0.2) is 36.4 Å². The molecule has 0 saturated carbocycles. The molecule has 4 rings (SSSR count). The maximum Gasteiger partial charge on any atom is 0.209 e. The first-order valence-electron chi connectivity index (χ1n) is 11.4. The number of rotatable bonds is 9. The zero-order valence-electron chi connectivity index (χ0n) is 18.5. The van der Waals surface area contributed by atoms with E-state index in [1.54, 1.807) is 6.92 Å². The van der Waals surface area contributed by atoms with Gasteiger partial charge in [-0.05, 0) is 89.1 Å². The predicted octanol–water partition coefficient (Wildman–Crippen LogP) is 4.69. The van der Waals surface area contributed by atoms with Crippen molar-refractivity contribution in [3.63, 3.8) is 0 Å². The Morgan fingerprint density at radius 1 is 1.00 bits per heavy atom. The van der Waals surface area contributed by atoms with Gasteiger partial charge in [-0.25, -0.2) is 9.97 Å². The third kappa shape index (κ3) is 5.22. The molecule has 0 unspecified atom stereocenters. The molecule has 31 heavy (non-hydrogen) atoms. The average Bonchev–Trinajstić information content (AvgIpc) is 3.11. The van der Waals surface area contributed by atoms with E-state index in [1.807, 2.05) is 36.4 Å². The Bertz CT molecular complexity index is 1020. The van der Waals surface area contributed by atoms with Crippen LogP contribution in [0.1, 0.15) is 49.9 Å². The molecule has 3 aromatic rings. The van der Waals surface area contributed by atoms with Crippen LogP contribution < -0.4 is 10.6 Å². The summed E-state index contributed by atoms with van der Waals surface area (Å²) in [5.41, 5.74) is 3.38.